The van der Waals surface area contributed by atoms with Crippen LogP contribution in [0.3, 0.4) is 0 Å². The van der Waals surface area contributed by atoms with Gasteiger partial charge in [-0.2, -0.15) is 0 Å². The summed E-state index contributed by atoms with van der Waals surface area (Å²) in [5.41, 5.74) is 1.07. The lowest BCUT2D eigenvalue weighted by molar-refractivity contribution is 0.122. The Balaban J connectivity index is 1.93. The van der Waals surface area contributed by atoms with Crippen molar-refractivity contribution in [3.05, 3.63) is 35.6 Å². The van der Waals surface area contributed by atoms with Gasteiger partial charge in [0.05, 0.1) is 6.54 Å². The fourth-order valence-electron chi connectivity index (χ4n) is 3.00. The Morgan fingerprint density at radius 3 is 2.48 bits per heavy atom. The molecule has 1 saturated heterocycles. The number of halogens is 1. The van der Waals surface area contributed by atoms with Gasteiger partial charge in [0, 0.05) is 52.4 Å². The van der Waals surface area contributed by atoms with Gasteiger partial charge < -0.3 is 15.1 Å². The highest BCUT2D eigenvalue weighted by Crippen LogP contribution is 2.08. The molecule has 0 aliphatic carbocycles. The molecule has 2 rings (SSSR count). The third kappa shape index (κ3) is 6.29. The quantitative estimate of drug-likeness (QED) is 0.628. The summed E-state index contributed by atoms with van der Waals surface area (Å²) in [4.78, 5) is 11.8. The Bertz CT molecular complexity index is 537. The zero-order chi connectivity index (χ0) is 18.2. The van der Waals surface area contributed by atoms with Gasteiger partial charge >= 0.3 is 0 Å². The smallest absolute Gasteiger partial charge is 0.194 e. The molecule has 0 amide bonds. The molecule has 25 heavy (non-hydrogen) atoms. The predicted octanol–water partition coefficient (Wildman–Crippen LogP) is 1.86. The van der Waals surface area contributed by atoms with Crippen LogP contribution in [0.4, 0.5) is 4.39 Å². The summed E-state index contributed by atoms with van der Waals surface area (Å²) in [5.74, 6) is 0.695. The number of nitrogens with zero attached hydrogens (tertiary/aromatic N) is 4. The molecular formula is C19H32FN5. The second kappa shape index (κ2) is 9.73. The first-order chi connectivity index (χ1) is 12.0. The molecule has 140 valence electrons. The van der Waals surface area contributed by atoms with E-state index in [4.69, 9.17) is 4.99 Å². The van der Waals surface area contributed by atoms with Crippen molar-refractivity contribution in [3.8, 4) is 0 Å². The van der Waals surface area contributed by atoms with Gasteiger partial charge in [0.1, 0.15) is 5.82 Å². The van der Waals surface area contributed by atoms with Crippen molar-refractivity contribution >= 4 is 5.96 Å². The highest BCUT2D eigenvalue weighted by Gasteiger charge is 2.19. The van der Waals surface area contributed by atoms with Gasteiger partial charge in [-0.05, 0) is 38.6 Å². The van der Waals surface area contributed by atoms with Gasteiger partial charge in [-0.3, -0.25) is 9.89 Å². The Kier molecular flexibility index (Phi) is 7.65. The monoisotopic (exact) mass is 349 g/mol. The summed E-state index contributed by atoms with van der Waals surface area (Å²) in [5, 5.41) is 3.35. The van der Waals surface area contributed by atoms with Crippen LogP contribution in [0.5, 0.6) is 0 Å². The lowest BCUT2D eigenvalue weighted by atomic mass is 10.2. The van der Waals surface area contributed by atoms with Gasteiger partial charge in [-0.25, -0.2) is 4.39 Å². The van der Waals surface area contributed by atoms with Crippen LogP contribution in [-0.2, 0) is 6.54 Å². The summed E-state index contributed by atoms with van der Waals surface area (Å²) in [6.07, 6.45) is 0. The van der Waals surface area contributed by atoms with Gasteiger partial charge in [-0.1, -0.05) is 12.1 Å². The van der Waals surface area contributed by atoms with Gasteiger partial charge in [0.2, 0.25) is 0 Å². The van der Waals surface area contributed by atoms with Crippen LogP contribution in [0.15, 0.2) is 29.3 Å². The van der Waals surface area contributed by atoms with E-state index in [-0.39, 0.29) is 5.82 Å². The maximum atomic E-state index is 13.1. The van der Waals surface area contributed by atoms with E-state index in [1.54, 1.807) is 0 Å². The molecule has 0 radical (unpaired) electrons. The summed E-state index contributed by atoms with van der Waals surface area (Å²) < 4.78 is 13.1. The lowest BCUT2D eigenvalue weighted by Crippen LogP contribution is -2.49. The van der Waals surface area contributed by atoms with E-state index < -0.39 is 0 Å². The van der Waals surface area contributed by atoms with Crippen molar-refractivity contribution in [2.45, 2.75) is 26.4 Å². The van der Waals surface area contributed by atoms with Crippen LogP contribution in [0.1, 0.15) is 19.4 Å². The Hall–Kier alpha value is -1.66. The van der Waals surface area contributed by atoms with Gasteiger partial charge in [0.25, 0.3) is 0 Å². The molecule has 0 saturated carbocycles. The predicted molar refractivity (Wildman–Crippen MR) is 102 cm³/mol. The van der Waals surface area contributed by atoms with E-state index in [2.05, 4.69) is 40.9 Å². The van der Waals surface area contributed by atoms with Crippen molar-refractivity contribution in [2.75, 3.05) is 53.4 Å². The highest BCUT2D eigenvalue weighted by atomic mass is 19.1. The molecule has 6 heteroatoms. The van der Waals surface area contributed by atoms with E-state index in [1.165, 1.54) is 12.1 Å². The second-order valence-electron chi connectivity index (χ2n) is 6.87. The van der Waals surface area contributed by atoms with E-state index in [0.717, 1.165) is 50.8 Å². The Labute approximate surface area is 151 Å². The van der Waals surface area contributed by atoms with Crippen LogP contribution in [0.2, 0.25) is 0 Å². The van der Waals surface area contributed by atoms with E-state index in [0.29, 0.717) is 12.6 Å². The van der Waals surface area contributed by atoms with Crippen LogP contribution in [0.25, 0.3) is 0 Å². The molecular weight excluding hydrogens is 317 g/mol. The number of aliphatic imine (C=N–C) groups is 1. The molecule has 5 nitrogen and oxygen atoms in total. The number of likely N-dealkylation sites (N-methyl/N-ethyl adjacent to an activating group) is 1. The van der Waals surface area contributed by atoms with Crippen LogP contribution >= 0.6 is 0 Å². The zero-order valence-corrected chi connectivity index (χ0v) is 16.0. The molecule has 1 heterocycles. The van der Waals surface area contributed by atoms with E-state index in [1.807, 2.05) is 19.2 Å². The minimum absolute atomic E-state index is 0.201. The summed E-state index contributed by atoms with van der Waals surface area (Å²) in [6, 6.07) is 7.08. The fourth-order valence-corrected chi connectivity index (χ4v) is 3.00. The van der Waals surface area contributed by atoms with Gasteiger partial charge in [-0.15, -0.1) is 0 Å². The number of guanidine groups is 1. The first-order valence-electron chi connectivity index (χ1n) is 9.16. The topological polar surface area (TPSA) is 34.1 Å². The summed E-state index contributed by atoms with van der Waals surface area (Å²) in [7, 11) is 4.19. The normalized spacial score (nSPS) is 18.2. The largest absolute Gasteiger partial charge is 0.357 e. The zero-order valence-electron chi connectivity index (χ0n) is 16.0. The first kappa shape index (κ1) is 19.7. The number of hydrogen-bond acceptors (Lipinski definition) is 3. The lowest BCUT2D eigenvalue weighted by Gasteiger charge is -2.36. The van der Waals surface area contributed by atoms with E-state index in [9.17, 15) is 4.39 Å². The minimum Gasteiger partial charge on any atom is -0.357 e. The number of hydrogen-bond donors (Lipinski definition) is 1. The van der Waals surface area contributed by atoms with Crippen molar-refractivity contribution in [2.24, 2.45) is 4.99 Å². The number of nitrogens with one attached hydrogen (secondary N) is 1. The Morgan fingerprint density at radius 1 is 1.24 bits per heavy atom. The number of rotatable bonds is 6. The van der Waals surface area contributed by atoms with Crippen LogP contribution in [0, 0.1) is 5.82 Å². The Morgan fingerprint density at radius 2 is 1.88 bits per heavy atom. The third-order valence-electron chi connectivity index (χ3n) is 4.70. The molecule has 0 aromatic heterocycles. The number of benzene rings is 1. The molecule has 1 atom stereocenters. The molecule has 1 aromatic carbocycles. The highest BCUT2D eigenvalue weighted by molar-refractivity contribution is 5.79. The SMILES string of the molecule is CCNC(=NCC(C)N1CCN(C)CC1)N(C)Cc1ccc(F)cc1. The van der Waals surface area contributed by atoms with Crippen molar-refractivity contribution in [3.63, 3.8) is 0 Å². The van der Waals surface area contributed by atoms with Crippen LogP contribution in [-0.4, -0.2) is 80.1 Å². The van der Waals surface area contributed by atoms with Crippen molar-refractivity contribution < 1.29 is 4.39 Å². The molecule has 1 unspecified atom stereocenters. The molecule has 1 aliphatic rings. The standard InChI is InChI=1S/C19H32FN5/c1-5-21-19(24(4)15-17-6-8-18(20)9-7-17)22-14-16(2)25-12-10-23(3)11-13-25/h6-9,16H,5,10-15H2,1-4H3,(H,21,22). The third-order valence-corrected chi connectivity index (χ3v) is 4.70. The van der Waals surface area contributed by atoms with Crippen molar-refractivity contribution in [1.82, 2.24) is 20.0 Å². The minimum atomic E-state index is -0.201. The first-order valence-corrected chi connectivity index (χ1v) is 9.16. The molecule has 0 spiro atoms. The maximum absolute atomic E-state index is 13.1. The molecule has 1 aromatic rings. The molecule has 1 aliphatic heterocycles. The molecule has 1 N–H and O–H groups in total. The molecule has 1 fully saturated rings. The average molecular weight is 349 g/mol. The fraction of sp³-hybridized carbons (Fsp3) is 0.632. The summed E-state index contributed by atoms with van der Waals surface area (Å²) in [6.45, 7) is 11.1. The average Bonchev–Trinajstić information content (AvgIpc) is 2.60. The molecule has 0 bridgehead atoms. The maximum Gasteiger partial charge on any atom is 0.194 e. The summed E-state index contributed by atoms with van der Waals surface area (Å²) >= 11 is 0. The second-order valence-corrected chi connectivity index (χ2v) is 6.87. The van der Waals surface area contributed by atoms with Crippen LogP contribution < -0.4 is 5.32 Å². The van der Waals surface area contributed by atoms with Gasteiger partial charge in [0.15, 0.2) is 5.96 Å². The number of piperazine rings is 1. The van der Waals surface area contributed by atoms with Crippen molar-refractivity contribution in [1.29, 1.82) is 0 Å². The van der Waals surface area contributed by atoms with E-state index >= 15 is 0 Å².